The SMILES string of the molecule is CC1COCC(CC(=O)c2cnccn2)N1. The molecule has 1 aliphatic heterocycles. The second kappa shape index (κ2) is 5.14. The van der Waals surface area contributed by atoms with Crippen LogP contribution in [-0.2, 0) is 4.74 Å². The van der Waals surface area contributed by atoms with Gasteiger partial charge >= 0.3 is 0 Å². The van der Waals surface area contributed by atoms with Gasteiger partial charge in [0, 0.05) is 30.9 Å². The van der Waals surface area contributed by atoms with Crippen LogP contribution in [0.1, 0.15) is 23.8 Å². The van der Waals surface area contributed by atoms with E-state index < -0.39 is 0 Å². The number of Topliss-reactive ketones (excluding diaryl/α,β-unsaturated/α-hetero) is 1. The van der Waals surface area contributed by atoms with Gasteiger partial charge in [-0.25, -0.2) is 4.98 Å². The molecule has 2 heterocycles. The molecule has 1 aromatic heterocycles. The van der Waals surface area contributed by atoms with Crippen LogP contribution in [0.5, 0.6) is 0 Å². The van der Waals surface area contributed by atoms with E-state index in [4.69, 9.17) is 4.74 Å². The van der Waals surface area contributed by atoms with Crippen LogP contribution in [0.3, 0.4) is 0 Å². The third-order valence-corrected chi connectivity index (χ3v) is 2.49. The molecule has 0 saturated carbocycles. The second-order valence-corrected chi connectivity index (χ2v) is 4.02. The molecule has 0 bridgehead atoms. The van der Waals surface area contributed by atoms with Gasteiger partial charge in [-0.1, -0.05) is 0 Å². The van der Waals surface area contributed by atoms with Crippen molar-refractivity contribution in [2.24, 2.45) is 0 Å². The third-order valence-electron chi connectivity index (χ3n) is 2.49. The van der Waals surface area contributed by atoms with E-state index in [0.717, 1.165) is 0 Å². The topological polar surface area (TPSA) is 64.1 Å². The van der Waals surface area contributed by atoms with Crippen molar-refractivity contribution in [3.8, 4) is 0 Å². The monoisotopic (exact) mass is 221 g/mol. The minimum Gasteiger partial charge on any atom is -0.378 e. The number of ether oxygens (including phenoxy) is 1. The predicted octanol–water partition coefficient (Wildman–Crippen LogP) is 0.426. The molecule has 0 spiro atoms. The molecule has 1 N–H and O–H groups in total. The Kier molecular flexibility index (Phi) is 3.58. The smallest absolute Gasteiger partial charge is 0.184 e. The van der Waals surface area contributed by atoms with E-state index in [2.05, 4.69) is 15.3 Å². The fourth-order valence-electron chi connectivity index (χ4n) is 1.77. The number of aromatic nitrogens is 2. The van der Waals surface area contributed by atoms with Crippen molar-refractivity contribution >= 4 is 5.78 Å². The summed E-state index contributed by atoms with van der Waals surface area (Å²) in [6.07, 6.45) is 4.99. The Balaban J connectivity index is 1.92. The number of hydrogen-bond acceptors (Lipinski definition) is 5. The average Bonchev–Trinajstić information content (AvgIpc) is 2.30. The van der Waals surface area contributed by atoms with Crippen LogP contribution in [0.2, 0.25) is 0 Å². The van der Waals surface area contributed by atoms with E-state index >= 15 is 0 Å². The van der Waals surface area contributed by atoms with Crippen LogP contribution in [0, 0.1) is 0 Å². The van der Waals surface area contributed by atoms with E-state index in [1.54, 1.807) is 6.20 Å². The summed E-state index contributed by atoms with van der Waals surface area (Å²) in [6, 6.07) is 0.381. The maximum Gasteiger partial charge on any atom is 0.184 e. The van der Waals surface area contributed by atoms with Crippen molar-refractivity contribution < 1.29 is 9.53 Å². The van der Waals surface area contributed by atoms with Gasteiger partial charge in [0.1, 0.15) is 5.69 Å². The van der Waals surface area contributed by atoms with Gasteiger partial charge in [-0.15, -0.1) is 0 Å². The average molecular weight is 221 g/mol. The highest BCUT2D eigenvalue weighted by atomic mass is 16.5. The van der Waals surface area contributed by atoms with Gasteiger partial charge in [-0.05, 0) is 6.92 Å². The molecule has 0 aliphatic carbocycles. The van der Waals surface area contributed by atoms with E-state index in [1.165, 1.54) is 12.4 Å². The molecule has 5 nitrogen and oxygen atoms in total. The number of rotatable bonds is 3. The number of morpholine rings is 1. The molecular formula is C11H15N3O2. The maximum absolute atomic E-state index is 11.8. The molecule has 1 aliphatic rings. The first kappa shape index (κ1) is 11.2. The summed E-state index contributed by atoms with van der Waals surface area (Å²) in [6.45, 7) is 3.32. The molecule has 0 amide bonds. The summed E-state index contributed by atoms with van der Waals surface area (Å²) in [7, 11) is 0. The summed E-state index contributed by atoms with van der Waals surface area (Å²) in [5.41, 5.74) is 0.419. The Hall–Kier alpha value is -1.33. The number of nitrogens with one attached hydrogen (secondary N) is 1. The summed E-state index contributed by atoms with van der Waals surface area (Å²) in [5, 5.41) is 3.32. The molecule has 2 atom stereocenters. The first-order valence-corrected chi connectivity index (χ1v) is 5.38. The van der Waals surface area contributed by atoms with E-state index in [9.17, 15) is 4.79 Å². The standard InChI is InChI=1S/C11H15N3O2/c1-8-6-16-7-9(14-8)4-11(15)10-5-12-2-3-13-10/h2-3,5,8-9,14H,4,6-7H2,1H3. The second-order valence-electron chi connectivity index (χ2n) is 4.02. The number of carbonyl (C=O) groups excluding carboxylic acids is 1. The molecule has 0 aromatic carbocycles. The molecule has 1 fully saturated rings. The minimum atomic E-state index is 0.00306. The predicted molar refractivity (Wildman–Crippen MR) is 58.2 cm³/mol. The maximum atomic E-state index is 11.8. The van der Waals surface area contributed by atoms with Crippen LogP contribution in [0.15, 0.2) is 18.6 Å². The first-order chi connectivity index (χ1) is 7.75. The van der Waals surface area contributed by atoms with E-state index in [1.807, 2.05) is 6.92 Å². The zero-order valence-corrected chi connectivity index (χ0v) is 9.22. The molecule has 0 radical (unpaired) electrons. The number of nitrogens with zero attached hydrogens (tertiary/aromatic N) is 2. The lowest BCUT2D eigenvalue weighted by atomic mass is 10.1. The summed E-state index contributed by atoms with van der Waals surface area (Å²) >= 11 is 0. The Bertz CT molecular complexity index is 356. The molecule has 5 heteroatoms. The summed E-state index contributed by atoms with van der Waals surface area (Å²) in [5.74, 6) is 0.00306. The molecular weight excluding hydrogens is 206 g/mol. The lowest BCUT2D eigenvalue weighted by Crippen LogP contribution is -2.48. The highest BCUT2D eigenvalue weighted by molar-refractivity contribution is 5.94. The van der Waals surface area contributed by atoms with Gasteiger partial charge in [-0.3, -0.25) is 9.78 Å². The number of carbonyl (C=O) groups is 1. The molecule has 2 rings (SSSR count). The lowest BCUT2D eigenvalue weighted by Gasteiger charge is -2.28. The lowest BCUT2D eigenvalue weighted by molar-refractivity contribution is 0.0462. The fourth-order valence-corrected chi connectivity index (χ4v) is 1.77. The molecule has 2 unspecified atom stereocenters. The number of ketones is 1. The third kappa shape index (κ3) is 2.84. The van der Waals surface area contributed by atoms with Crippen LogP contribution in [0.25, 0.3) is 0 Å². The van der Waals surface area contributed by atoms with Crippen LogP contribution in [-0.4, -0.2) is 41.0 Å². The Labute approximate surface area is 94.2 Å². The summed E-state index contributed by atoms with van der Waals surface area (Å²) in [4.78, 5) is 19.7. The molecule has 1 aromatic rings. The van der Waals surface area contributed by atoms with Crippen molar-refractivity contribution in [2.45, 2.75) is 25.4 Å². The largest absolute Gasteiger partial charge is 0.378 e. The molecule has 16 heavy (non-hydrogen) atoms. The van der Waals surface area contributed by atoms with Gasteiger partial charge in [0.2, 0.25) is 0 Å². The van der Waals surface area contributed by atoms with Crippen molar-refractivity contribution in [3.63, 3.8) is 0 Å². The van der Waals surface area contributed by atoms with Crippen molar-refractivity contribution in [3.05, 3.63) is 24.3 Å². The Morgan fingerprint density at radius 2 is 2.44 bits per heavy atom. The normalized spacial score (nSPS) is 25.3. The summed E-state index contributed by atoms with van der Waals surface area (Å²) < 4.78 is 5.38. The highest BCUT2D eigenvalue weighted by Crippen LogP contribution is 2.06. The van der Waals surface area contributed by atoms with E-state index in [-0.39, 0.29) is 11.8 Å². The molecule has 1 saturated heterocycles. The van der Waals surface area contributed by atoms with Crippen LogP contribution >= 0.6 is 0 Å². The van der Waals surface area contributed by atoms with Crippen molar-refractivity contribution in [1.82, 2.24) is 15.3 Å². The van der Waals surface area contributed by atoms with Crippen LogP contribution in [0.4, 0.5) is 0 Å². The highest BCUT2D eigenvalue weighted by Gasteiger charge is 2.21. The van der Waals surface area contributed by atoms with Gasteiger partial charge in [-0.2, -0.15) is 0 Å². The van der Waals surface area contributed by atoms with E-state index in [0.29, 0.717) is 31.4 Å². The van der Waals surface area contributed by atoms with Gasteiger partial charge < -0.3 is 10.1 Å². The first-order valence-electron chi connectivity index (χ1n) is 5.38. The van der Waals surface area contributed by atoms with Crippen LogP contribution < -0.4 is 5.32 Å². The number of hydrogen-bond donors (Lipinski definition) is 1. The zero-order valence-electron chi connectivity index (χ0n) is 9.22. The van der Waals surface area contributed by atoms with Gasteiger partial charge in [0.15, 0.2) is 5.78 Å². The quantitative estimate of drug-likeness (QED) is 0.750. The van der Waals surface area contributed by atoms with Crippen molar-refractivity contribution in [1.29, 1.82) is 0 Å². The molecule has 86 valence electrons. The fraction of sp³-hybridized carbons (Fsp3) is 0.545. The Morgan fingerprint density at radius 1 is 1.56 bits per heavy atom. The van der Waals surface area contributed by atoms with Gasteiger partial charge in [0.25, 0.3) is 0 Å². The Morgan fingerprint density at radius 3 is 3.12 bits per heavy atom. The van der Waals surface area contributed by atoms with Gasteiger partial charge in [0.05, 0.1) is 19.4 Å². The van der Waals surface area contributed by atoms with Crippen molar-refractivity contribution in [2.75, 3.05) is 13.2 Å². The zero-order chi connectivity index (χ0) is 11.4. The minimum absolute atomic E-state index is 0.00306.